The Morgan fingerprint density at radius 2 is 2.05 bits per heavy atom. The molecule has 0 aliphatic rings. The van der Waals surface area contributed by atoms with E-state index in [1.807, 2.05) is 45.0 Å². The minimum Gasteiger partial charge on any atom is -0.480 e. The van der Waals surface area contributed by atoms with Crippen LogP contribution in [0.4, 0.5) is 0 Å². The molecule has 0 aromatic heterocycles. The fraction of sp³-hybridized carbons (Fsp3) is 0.467. The first-order chi connectivity index (χ1) is 8.93. The van der Waals surface area contributed by atoms with Crippen LogP contribution in [0.2, 0.25) is 0 Å². The number of carbonyl (C=O) groups excluding carboxylic acids is 1. The van der Waals surface area contributed by atoms with E-state index in [0.29, 0.717) is 6.42 Å². The normalized spacial score (nSPS) is 13.6. The molecule has 0 aliphatic heterocycles. The first-order valence-corrected chi connectivity index (χ1v) is 6.51. The number of hydrogen-bond acceptors (Lipinski definition) is 2. The van der Waals surface area contributed by atoms with Crippen LogP contribution in [0.25, 0.3) is 0 Å². The summed E-state index contributed by atoms with van der Waals surface area (Å²) in [4.78, 5) is 23.0. The van der Waals surface area contributed by atoms with Gasteiger partial charge in [-0.05, 0) is 18.4 Å². The van der Waals surface area contributed by atoms with Gasteiger partial charge in [0.2, 0.25) is 5.91 Å². The van der Waals surface area contributed by atoms with E-state index < -0.39 is 12.0 Å². The summed E-state index contributed by atoms with van der Waals surface area (Å²) in [6.45, 7) is 5.69. The quantitative estimate of drug-likeness (QED) is 0.826. The highest BCUT2D eigenvalue weighted by Crippen LogP contribution is 2.09. The van der Waals surface area contributed by atoms with Gasteiger partial charge >= 0.3 is 5.97 Å². The van der Waals surface area contributed by atoms with Gasteiger partial charge in [0.1, 0.15) is 6.04 Å². The van der Waals surface area contributed by atoms with Gasteiger partial charge in [0.15, 0.2) is 0 Å². The van der Waals surface area contributed by atoms with Crippen molar-refractivity contribution in [3.8, 4) is 0 Å². The molecular weight excluding hydrogens is 242 g/mol. The lowest BCUT2D eigenvalue weighted by Crippen LogP contribution is -2.45. The molecule has 2 atom stereocenters. The van der Waals surface area contributed by atoms with E-state index in [1.54, 1.807) is 0 Å². The van der Waals surface area contributed by atoms with Crippen molar-refractivity contribution in [1.29, 1.82) is 0 Å². The van der Waals surface area contributed by atoms with Crippen LogP contribution in [0.3, 0.4) is 0 Å². The van der Waals surface area contributed by atoms with Gasteiger partial charge in [-0.1, -0.05) is 50.1 Å². The Balaban J connectivity index is 2.65. The highest BCUT2D eigenvalue weighted by atomic mass is 16.4. The molecule has 0 saturated carbocycles. The van der Waals surface area contributed by atoms with Gasteiger partial charge < -0.3 is 10.4 Å². The summed E-state index contributed by atoms with van der Waals surface area (Å²) in [7, 11) is 0. The molecular formula is C15H21NO3. The second-order valence-electron chi connectivity index (χ2n) is 4.93. The summed E-state index contributed by atoms with van der Waals surface area (Å²) in [5.41, 5.74) is 1.98. The summed E-state index contributed by atoms with van der Waals surface area (Å²) in [6, 6.07) is 6.83. The molecule has 0 heterocycles. The Bertz CT molecular complexity index is 456. The van der Waals surface area contributed by atoms with Crippen LogP contribution in [0.1, 0.15) is 31.4 Å². The molecule has 0 fully saturated rings. The number of carboxylic acids is 1. The molecule has 104 valence electrons. The highest BCUT2D eigenvalue weighted by molar-refractivity contribution is 5.85. The molecule has 0 bridgehead atoms. The summed E-state index contributed by atoms with van der Waals surface area (Å²) in [5, 5.41) is 11.7. The first-order valence-electron chi connectivity index (χ1n) is 6.51. The third-order valence-electron chi connectivity index (χ3n) is 3.24. The lowest BCUT2D eigenvalue weighted by atomic mass is 9.99. The average molecular weight is 263 g/mol. The smallest absolute Gasteiger partial charge is 0.326 e. The number of aryl methyl sites for hydroxylation is 1. The zero-order valence-electron chi connectivity index (χ0n) is 11.6. The maximum Gasteiger partial charge on any atom is 0.326 e. The fourth-order valence-corrected chi connectivity index (χ4v) is 1.92. The van der Waals surface area contributed by atoms with Crippen LogP contribution < -0.4 is 5.32 Å². The lowest BCUT2D eigenvalue weighted by Gasteiger charge is -2.20. The van der Waals surface area contributed by atoms with Gasteiger partial charge in [-0.2, -0.15) is 0 Å². The fourth-order valence-electron chi connectivity index (χ4n) is 1.92. The zero-order valence-corrected chi connectivity index (χ0v) is 11.6. The molecule has 4 heteroatoms. The van der Waals surface area contributed by atoms with Crippen LogP contribution in [0.15, 0.2) is 24.3 Å². The predicted octanol–water partition coefficient (Wildman–Crippen LogP) is 2.15. The third kappa shape index (κ3) is 4.73. The number of benzene rings is 1. The standard InChI is InChI=1S/C15H21NO3/c1-4-11(3)14(15(18)19)16-13(17)9-12-7-5-6-10(2)8-12/h5-8,11,14H,4,9H2,1-3H3,(H,16,17)(H,18,19)/t11-,14-/m0/s1. The summed E-state index contributed by atoms with van der Waals surface area (Å²) < 4.78 is 0. The molecule has 19 heavy (non-hydrogen) atoms. The van der Waals surface area contributed by atoms with Gasteiger partial charge in [0.25, 0.3) is 0 Å². The molecule has 1 aromatic carbocycles. The van der Waals surface area contributed by atoms with Crippen molar-refractivity contribution in [2.75, 3.05) is 0 Å². The number of amides is 1. The van der Waals surface area contributed by atoms with Gasteiger partial charge in [0, 0.05) is 0 Å². The van der Waals surface area contributed by atoms with Gasteiger partial charge in [-0.25, -0.2) is 4.79 Å². The number of carboxylic acid groups (broad SMARTS) is 1. The number of hydrogen-bond donors (Lipinski definition) is 2. The third-order valence-corrected chi connectivity index (χ3v) is 3.24. The van der Waals surface area contributed by atoms with Crippen molar-refractivity contribution >= 4 is 11.9 Å². The van der Waals surface area contributed by atoms with Crippen LogP contribution in [-0.4, -0.2) is 23.0 Å². The van der Waals surface area contributed by atoms with E-state index in [-0.39, 0.29) is 18.2 Å². The van der Waals surface area contributed by atoms with E-state index in [2.05, 4.69) is 5.32 Å². The molecule has 2 N–H and O–H groups in total. The lowest BCUT2D eigenvalue weighted by molar-refractivity contribution is -0.143. The number of rotatable bonds is 6. The molecule has 1 rings (SSSR count). The molecule has 0 saturated heterocycles. The molecule has 1 amide bonds. The van der Waals surface area contributed by atoms with Gasteiger partial charge in [-0.15, -0.1) is 0 Å². The van der Waals surface area contributed by atoms with E-state index >= 15 is 0 Å². The Labute approximate surface area is 113 Å². The molecule has 0 unspecified atom stereocenters. The molecule has 1 aromatic rings. The van der Waals surface area contributed by atoms with E-state index in [0.717, 1.165) is 11.1 Å². The average Bonchev–Trinajstić information content (AvgIpc) is 2.34. The summed E-state index contributed by atoms with van der Waals surface area (Å²) in [5.74, 6) is -1.32. The summed E-state index contributed by atoms with van der Waals surface area (Å²) >= 11 is 0. The van der Waals surface area contributed by atoms with Crippen LogP contribution >= 0.6 is 0 Å². The monoisotopic (exact) mass is 263 g/mol. The van der Waals surface area contributed by atoms with Crippen molar-refractivity contribution in [2.24, 2.45) is 5.92 Å². The van der Waals surface area contributed by atoms with Crippen molar-refractivity contribution in [2.45, 2.75) is 39.7 Å². The SMILES string of the molecule is CC[C@H](C)[C@H](NC(=O)Cc1cccc(C)c1)C(=O)O. The Morgan fingerprint density at radius 3 is 2.58 bits per heavy atom. The Hall–Kier alpha value is -1.84. The second-order valence-corrected chi connectivity index (χ2v) is 4.93. The predicted molar refractivity (Wildman–Crippen MR) is 73.9 cm³/mol. The second kappa shape index (κ2) is 6.92. The number of nitrogens with one attached hydrogen (secondary N) is 1. The van der Waals surface area contributed by atoms with E-state index in [4.69, 9.17) is 5.11 Å². The van der Waals surface area contributed by atoms with Gasteiger partial charge in [0.05, 0.1) is 6.42 Å². The van der Waals surface area contributed by atoms with Crippen molar-refractivity contribution in [3.63, 3.8) is 0 Å². The minimum atomic E-state index is -0.980. The minimum absolute atomic E-state index is 0.0843. The zero-order chi connectivity index (χ0) is 14.4. The first kappa shape index (κ1) is 15.2. The summed E-state index contributed by atoms with van der Waals surface area (Å²) in [6.07, 6.45) is 0.920. The van der Waals surface area contributed by atoms with Crippen LogP contribution in [-0.2, 0) is 16.0 Å². The maximum absolute atomic E-state index is 11.9. The van der Waals surface area contributed by atoms with E-state index in [9.17, 15) is 9.59 Å². The van der Waals surface area contributed by atoms with Crippen molar-refractivity contribution < 1.29 is 14.7 Å². The highest BCUT2D eigenvalue weighted by Gasteiger charge is 2.25. The van der Waals surface area contributed by atoms with E-state index in [1.165, 1.54) is 0 Å². The topological polar surface area (TPSA) is 66.4 Å². The number of carbonyl (C=O) groups is 2. The van der Waals surface area contributed by atoms with Crippen molar-refractivity contribution in [3.05, 3.63) is 35.4 Å². The van der Waals surface area contributed by atoms with Crippen LogP contribution in [0.5, 0.6) is 0 Å². The maximum atomic E-state index is 11.9. The Kier molecular flexibility index (Phi) is 5.55. The van der Waals surface area contributed by atoms with Gasteiger partial charge in [-0.3, -0.25) is 4.79 Å². The number of aliphatic carboxylic acids is 1. The Morgan fingerprint density at radius 1 is 1.37 bits per heavy atom. The largest absolute Gasteiger partial charge is 0.480 e. The molecule has 4 nitrogen and oxygen atoms in total. The molecule has 0 aliphatic carbocycles. The van der Waals surface area contributed by atoms with Crippen LogP contribution in [0, 0.1) is 12.8 Å². The molecule has 0 radical (unpaired) electrons. The molecule has 0 spiro atoms. The van der Waals surface area contributed by atoms with Crippen molar-refractivity contribution in [1.82, 2.24) is 5.32 Å².